The molecule has 6 rings (SSSR count). The summed E-state index contributed by atoms with van der Waals surface area (Å²) in [7, 11) is -1.38. The zero-order chi connectivity index (χ0) is 26.7. The Labute approximate surface area is 229 Å². The van der Waals surface area contributed by atoms with Gasteiger partial charge in [0.2, 0.25) is 0 Å². The van der Waals surface area contributed by atoms with Crippen molar-refractivity contribution in [3.05, 3.63) is 97.1 Å². The second-order valence-corrected chi connectivity index (χ2v) is 18.2. The fourth-order valence-corrected chi connectivity index (χ4v) is 12.8. The van der Waals surface area contributed by atoms with Gasteiger partial charge in [0.25, 0.3) is 0 Å². The molecule has 0 radical (unpaired) electrons. The van der Waals surface area contributed by atoms with Crippen molar-refractivity contribution in [3.8, 4) is 33.8 Å². The Morgan fingerprint density at radius 2 is 0.842 bits per heavy atom. The Bertz CT molecular complexity index is 1340. The van der Waals surface area contributed by atoms with E-state index in [4.69, 9.17) is 9.47 Å². The van der Waals surface area contributed by atoms with E-state index in [0.29, 0.717) is 0 Å². The van der Waals surface area contributed by atoms with Gasteiger partial charge in [-0.25, -0.2) is 0 Å². The van der Waals surface area contributed by atoms with Crippen LogP contribution in [0, 0.1) is 0 Å². The van der Waals surface area contributed by atoms with E-state index in [2.05, 4.69) is 139 Å². The maximum Gasteiger partial charge on any atom is 0.162 e. The molecule has 0 saturated heterocycles. The van der Waals surface area contributed by atoms with Gasteiger partial charge in [0, 0.05) is 10.6 Å². The lowest BCUT2D eigenvalue weighted by molar-refractivity contribution is 0.171. The van der Waals surface area contributed by atoms with E-state index in [1.54, 1.807) is 0 Å². The van der Waals surface area contributed by atoms with Crippen LogP contribution >= 0.6 is 15.8 Å². The van der Waals surface area contributed by atoms with Crippen molar-refractivity contribution in [2.24, 2.45) is 0 Å². The maximum absolute atomic E-state index is 7.01. The first-order valence-corrected chi connectivity index (χ1v) is 16.3. The molecule has 38 heavy (non-hydrogen) atoms. The van der Waals surface area contributed by atoms with Gasteiger partial charge in [0.05, 0.1) is 0 Å². The standard InChI is InChI=1S/C34H36O2P2/c1-33(2,3)37-29-25(23-15-9-7-10-16-23)19-13-21-27(29)35-31(37)32-36-28-22-14-20-26(24-17-11-8-12-18-24)30(28)38(32)34(4,5)6/h7-22,31-32H,1-6H3. The minimum Gasteiger partial charge on any atom is -0.481 e. The summed E-state index contributed by atoms with van der Waals surface area (Å²) < 4.78 is 14.0. The highest BCUT2D eigenvalue weighted by atomic mass is 31.1. The molecule has 4 heteroatoms. The molecule has 0 spiro atoms. The predicted molar refractivity (Wildman–Crippen MR) is 165 cm³/mol. The van der Waals surface area contributed by atoms with Crippen LogP contribution in [0.2, 0.25) is 0 Å². The van der Waals surface area contributed by atoms with Crippen molar-refractivity contribution >= 4 is 26.5 Å². The molecule has 0 N–H and O–H groups in total. The average Bonchev–Trinajstić information content (AvgIpc) is 3.48. The average molecular weight is 539 g/mol. The van der Waals surface area contributed by atoms with Crippen molar-refractivity contribution < 1.29 is 9.47 Å². The van der Waals surface area contributed by atoms with Gasteiger partial charge in [0.1, 0.15) is 11.5 Å². The number of hydrogen-bond donors (Lipinski definition) is 0. The highest BCUT2D eigenvalue weighted by molar-refractivity contribution is 7.72. The van der Waals surface area contributed by atoms with Crippen LogP contribution < -0.4 is 20.1 Å². The minimum atomic E-state index is -0.692. The van der Waals surface area contributed by atoms with E-state index in [9.17, 15) is 0 Å². The molecule has 4 aromatic carbocycles. The van der Waals surface area contributed by atoms with E-state index < -0.39 is 15.8 Å². The molecule has 4 unspecified atom stereocenters. The molecular formula is C34H36O2P2. The molecule has 0 bridgehead atoms. The molecule has 0 saturated carbocycles. The van der Waals surface area contributed by atoms with Gasteiger partial charge in [-0.3, -0.25) is 0 Å². The van der Waals surface area contributed by atoms with Gasteiger partial charge in [0.15, 0.2) is 11.7 Å². The normalized spacial score (nSPS) is 22.4. The number of hydrogen-bond acceptors (Lipinski definition) is 2. The fraction of sp³-hybridized carbons (Fsp3) is 0.294. The quantitative estimate of drug-likeness (QED) is 0.242. The Balaban J connectivity index is 1.50. The fourth-order valence-electron chi connectivity index (χ4n) is 5.86. The van der Waals surface area contributed by atoms with Gasteiger partial charge in [-0.2, -0.15) is 0 Å². The molecular weight excluding hydrogens is 502 g/mol. The topological polar surface area (TPSA) is 18.5 Å². The molecule has 0 aromatic heterocycles. The van der Waals surface area contributed by atoms with Crippen LogP contribution in [0.3, 0.4) is 0 Å². The molecule has 2 nitrogen and oxygen atoms in total. The van der Waals surface area contributed by atoms with E-state index in [1.807, 2.05) is 0 Å². The molecule has 4 aromatic rings. The summed E-state index contributed by atoms with van der Waals surface area (Å²) in [6.07, 6.45) is 0. The predicted octanol–water partition coefficient (Wildman–Crippen LogP) is 8.97. The first-order valence-electron chi connectivity index (χ1n) is 13.4. The summed E-state index contributed by atoms with van der Waals surface area (Å²) in [6, 6.07) is 34.7. The number of benzene rings is 4. The zero-order valence-corrected chi connectivity index (χ0v) is 24.9. The van der Waals surface area contributed by atoms with E-state index >= 15 is 0 Å². The number of fused-ring (bicyclic) bond motifs is 2. The summed E-state index contributed by atoms with van der Waals surface area (Å²) in [4.78, 5) is 0. The largest absolute Gasteiger partial charge is 0.481 e. The lowest BCUT2D eigenvalue weighted by Crippen LogP contribution is -2.38. The zero-order valence-electron chi connectivity index (χ0n) is 23.1. The van der Waals surface area contributed by atoms with Crippen molar-refractivity contribution in [2.75, 3.05) is 0 Å². The molecule has 0 aliphatic carbocycles. The Morgan fingerprint density at radius 3 is 1.18 bits per heavy atom. The third-order valence-corrected chi connectivity index (χ3v) is 14.1. The highest BCUT2D eigenvalue weighted by Crippen LogP contribution is 2.69. The lowest BCUT2D eigenvalue weighted by Gasteiger charge is -2.40. The third-order valence-electron chi connectivity index (χ3n) is 7.34. The molecule has 2 aliphatic rings. The van der Waals surface area contributed by atoms with Crippen LogP contribution in [0.15, 0.2) is 97.1 Å². The third kappa shape index (κ3) is 4.37. The van der Waals surface area contributed by atoms with Crippen molar-refractivity contribution in [2.45, 2.75) is 63.5 Å². The van der Waals surface area contributed by atoms with Crippen LogP contribution in [0.1, 0.15) is 41.5 Å². The first-order chi connectivity index (χ1) is 18.1. The summed E-state index contributed by atoms with van der Waals surface area (Å²) in [5.74, 6) is 2.05. The van der Waals surface area contributed by atoms with Crippen LogP contribution in [0.25, 0.3) is 22.3 Å². The first kappa shape index (κ1) is 25.6. The lowest BCUT2D eigenvalue weighted by atomic mass is 10.1. The second kappa shape index (κ2) is 9.51. The summed E-state index contributed by atoms with van der Waals surface area (Å²) in [6.45, 7) is 14.3. The van der Waals surface area contributed by atoms with E-state index in [-0.39, 0.29) is 22.0 Å². The van der Waals surface area contributed by atoms with Gasteiger partial charge in [-0.1, -0.05) is 126 Å². The molecule has 0 amide bonds. The van der Waals surface area contributed by atoms with Gasteiger partial charge in [-0.15, -0.1) is 0 Å². The summed E-state index contributed by atoms with van der Waals surface area (Å²) in [5.41, 5.74) is 5.11. The Kier molecular flexibility index (Phi) is 6.41. The van der Waals surface area contributed by atoms with Crippen molar-refractivity contribution in [1.29, 1.82) is 0 Å². The minimum absolute atomic E-state index is 0.00813. The maximum atomic E-state index is 7.01. The molecule has 0 fully saturated rings. The van der Waals surface area contributed by atoms with Crippen LogP contribution in [-0.4, -0.2) is 22.0 Å². The van der Waals surface area contributed by atoms with Gasteiger partial charge < -0.3 is 9.47 Å². The monoisotopic (exact) mass is 538 g/mol. The van der Waals surface area contributed by atoms with E-state index in [0.717, 1.165) is 11.5 Å². The molecule has 2 aliphatic heterocycles. The summed E-state index contributed by atoms with van der Waals surface area (Å²) >= 11 is 0. The molecule has 4 atom stereocenters. The van der Waals surface area contributed by atoms with Crippen LogP contribution in [0.5, 0.6) is 11.5 Å². The van der Waals surface area contributed by atoms with Crippen LogP contribution in [0.4, 0.5) is 0 Å². The molecule has 2 heterocycles. The number of rotatable bonds is 3. The van der Waals surface area contributed by atoms with E-state index in [1.165, 1.54) is 32.9 Å². The molecule has 194 valence electrons. The Morgan fingerprint density at radius 1 is 0.474 bits per heavy atom. The SMILES string of the molecule is CC(C)(C)P1c2c(cccc2-c2ccccc2)OC1C1Oc2cccc(-c3ccccc3)c2P1C(C)(C)C. The highest BCUT2D eigenvalue weighted by Gasteiger charge is 2.55. The van der Waals surface area contributed by atoms with Crippen LogP contribution in [-0.2, 0) is 0 Å². The number of ether oxygens (including phenoxy) is 2. The Hall–Kier alpha value is -2.66. The van der Waals surface area contributed by atoms with Gasteiger partial charge in [-0.05, 0) is 60.5 Å². The van der Waals surface area contributed by atoms with Crippen molar-refractivity contribution in [1.82, 2.24) is 0 Å². The second-order valence-electron chi connectivity index (χ2n) is 12.1. The van der Waals surface area contributed by atoms with Crippen molar-refractivity contribution in [3.63, 3.8) is 0 Å². The smallest absolute Gasteiger partial charge is 0.162 e. The summed E-state index contributed by atoms with van der Waals surface area (Å²) in [5, 5.41) is 2.88. The van der Waals surface area contributed by atoms with Gasteiger partial charge >= 0.3 is 0 Å².